The Morgan fingerprint density at radius 1 is 1.43 bits per heavy atom. The van der Waals surface area contributed by atoms with Crippen LogP contribution in [-0.2, 0) is 23.6 Å². The number of hydrogen-bond donors (Lipinski definition) is 1. The Morgan fingerprint density at radius 3 is 2.67 bits per heavy atom. The SMILES string of the molecule is Cn1nnc(Br)c1S(=O)(=O)NCc1ccccc1[N+](=O)[O-]. The summed E-state index contributed by atoms with van der Waals surface area (Å²) in [6, 6.07) is 5.90. The van der Waals surface area contributed by atoms with E-state index in [1.165, 1.54) is 25.2 Å². The van der Waals surface area contributed by atoms with E-state index >= 15 is 0 Å². The summed E-state index contributed by atoms with van der Waals surface area (Å²) in [6.07, 6.45) is 0. The number of hydrogen-bond acceptors (Lipinski definition) is 6. The molecule has 9 nitrogen and oxygen atoms in total. The summed E-state index contributed by atoms with van der Waals surface area (Å²) in [4.78, 5) is 10.3. The lowest BCUT2D eigenvalue weighted by Gasteiger charge is -2.07. The monoisotopic (exact) mass is 375 g/mol. The number of rotatable bonds is 5. The molecule has 2 rings (SSSR count). The molecule has 0 spiro atoms. The zero-order valence-corrected chi connectivity index (χ0v) is 13.1. The number of para-hydroxylation sites is 1. The van der Waals surface area contributed by atoms with Crippen LogP contribution in [0.4, 0.5) is 5.69 Å². The van der Waals surface area contributed by atoms with Gasteiger partial charge < -0.3 is 0 Å². The number of nitro benzene ring substituents is 1. The Balaban J connectivity index is 2.26. The first-order valence-electron chi connectivity index (χ1n) is 5.60. The van der Waals surface area contributed by atoms with Crippen LogP contribution in [0.1, 0.15) is 5.56 Å². The third-order valence-electron chi connectivity index (χ3n) is 2.63. The normalized spacial score (nSPS) is 11.5. The van der Waals surface area contributed by atoms with E-state index in [0.29, 0.717) is 0 Å². The van der Waals surface area contributed by atoms with E-state index < -0.39 is 14.9 Å². The van der Waals surface area contributed by atoms with Gasteiger partial charge in [-0.3, -0.25) is 10.1 Å². The van der Waals surface area contributed by atoms with Gasteiger partial charge in [-0.05, 0) is 15.9 Å². The van der Waals surface area contributed by atoms with Crippen LogP contribution in [0.2, 0.25) is 0 Å². The van der Waals surface area contributed by atoms with Crippen molar-refractivity contribution >= 4 is 31.6 Å². The van der Waals surface area contributed by atoms with Gasteiger partial charge in [0.05, 0.1) is 4.92 Å². The Bertz CT molecular complexity index is 769. The molecule has 2 aromatic rings. The molecule has 1 aromatic heterocycles. The first-order chi connectivity index (χ1) is 9.83. The van der Waals surface area contributed by atoms with E-state index in [-0.39, 0.29) is 27.4 Å². The molecule has 0 saturated carbocycles. The van der Waals surface area contributed by atoms with Gasteiger partial charge in [0.2, 0.25) is 5.03 Å². The van der Waals surface area contributed by atoms with E-state index in [4.69, 9.17) is 0 Å². The smallest absolute Gasteiger partial charge is 0.258 e. The number of aryl methyl sites for hydroxylation is 1. The second kappa shape index (κ2) is 5.87. The quantitative estimate of drug-likeness (QED) is 0.613. The second-order valence-corrected chi connectivity index (χ2v) is 6.45. The van der Waals surface area contributed by atoms with Crippen LogP contribution in [-0.4, -0.2) is 28.3 Å². The van der Waals surface area contributed by atoms with Gasteiger partial charge in [-0.15, -0.1) is 5.10 Å². The standard InChI is InChI=1S/C10H10BrN5O4S/c1-15-10(9(11)13-14-15)21(19,20)12-6-7-4-2-3-5-8(7)16(17)18/h2-5,12H,6H2,1H3. The van der Waals surface area contributed by atoms with Gasteiger partial charge in [0.1, 0.15) is 0 Å². The molecule has 1 aromatic carbocycles. The van der Waals surface area contributed by atoms with Crippen LogP contribution < -0.4 is 4.72 Å². The molecule has 0 bridgehead atoms. The summed E-state index contributed by atoms with van der Waals surface area (Å²) < 4.78 is 27.8. The highest BCUT2D eigenvalue weighted by Crippen LogP contribution is 2.20. The lowest BCUT2D eigenvalue weighted by Crippen LogP contribution is -2.26. The minimum atomic E-state index is -3.90. The molecule has 1 N–H and O–H groups in total. The van der Waals surface area contributed by atoms with Crippen molar-refractivity contribution in [2.75, 3.05) is 0 Å². The lowest BCUT2D eigenvalue weighted by molar-refractivity contribution is -0.385. The zero-order chi connectivity index (χ0) is 15.6. The van der Waals surface area contributed by atoms with Crippen molar-refractivity contribution in [1.82, 2.24) is 19.7 Å². The number of benzene rings is 1. The molecule has 0 aliphatic rings. The van der Waals surface area contributed by atoms with Gasteiger partial charge in [0, 0.05) is 25.2 Å². The molecule has 0 atom stereocenters. The van der Waals surface area contributed by atoms with Crippen LogP contribution in [0.25, 0.3) is 0 Å². The number of halogens is 1. The predicted molar refractivity (Wildman–Crippen MR) is 75.8 cm³/mol. The van der Waals surface area contributed by atoms with E-state index in [1.54, 1.807) is 6.07 Å². The maximum absolute atomic E-state index is 12.2. The number of sulfonamides is 1. The first kappa shape index (κ1) is 15.5. The van der Waals surface area contributed by atoms with Crippen LogP contribution in [0.5, 0.6) is 0 Å². The molecule has 1 heterocycles. The van der Waals surface area contributed by atoms with Gasteiger partial charge in [0.15, 0.2) is 4.60 Å². The Kier molecular flexibility index (Phi) is 4.34. The Hall–Kier alpha value is -1.85. The molecule has 21 heavy (non-hydrogen) atoms. The van der Waals surface area contributed by atoms with Crippen molar-refractivity contribution in [3.63, 3.8) is 0 Å². The van der Waals surface area contributed by atoms with Gasteiger partial charge in [-0.2, -0.15) is 0 Å². The summed E-state index contributed by atoms with van der Waals surface area (Å²) in [5, 5.41) is 17.9. The summed E-state index contributed by atoms with van der Waals surface area (Å²) in [6.45, 7) is -0.211. The summed E-state index contributed by atoms with van der Waals surface area (Å²) >= 11 is 3.00. The zero-order valence-electron chi connectivity index (χ0n) is 10.7. The summed E-state index contributed by atoms with van der Waals surface area (Å²) in [5.41, 5.74) is 0.111. The van der Waals surface area contributed by atoms with Crippen molar-refractivity contribution in [2.24, 2.45) is 7.05 Å². The fourth-order valence-corrected chi connectivity index (χ4v) is 3.78. The van der Waals surface area contributed by atoms with Crippen molar-refractivity contribution in [2.45, 2.75) is 11.6 Å². The third kappa shape index (κ3) is 3.25. The number of nitrogens with one attached hydrogen (secondary N) is 1. The highest BCUT2D eigenvalue weighted by Gasteiger charge is 2.24. The Labute approximate surface area is 128 Å². The van der Waals surface area contributed by atoms with Gasteiger partial charge in [-0.1, -0.05) is 23.4 Å². The molecule has 0 unspecified atom stereocenters. The molecule has 0 amide bonds. The molecule has 0 fully saturated rings. The van der Waals surface area contributed by atoms with E-state index in [9.17, 15) is 18.5 Å². The van der Waals surface area contributed by atoms with Gasteiger partial charge >= 0.3 is 0 Å². The molecule has 0 radical (unpaired) electrons. The molecule has 0 aliphatic carbocycles. The van der Waals surface area contributed by atoms with Crippen molar-refractivity contribution < 1.29 is 13.3 Å². The molecular weight excluding hydrogens is 366 g/mol. The third-order valence-corrected chi connectivity index (χ3v) is 4.92. The van der Waals surface area contributed by atoms with Crippen LogP contribution in [0, 0.1) is 10.1 Å². The van der Waals surface area contributed by atoms with Crippen LogP contribution >= 0.6 is 15.9 Å². The van der Waals surface area contributed by atoms with E-state index in [0.717, 1.165) is 4.68 Å². The molecular formula is C10H10BrN5O4S. The van der Waals surface area contributed by atoms with Gasteiger partial charge in [-0.25, -0.2) is 17.8 Å². The van der Waals surface area contributed by atoms with E-state index in [2.05, 4.69) is 31.0 Å². The van der Waals surface area contributed by atoms with Crippen LogP contribution in [0.15, 0.2) is 33.9 Å². The topological polar surface area (TPSA) is 120 Å². The molecule has 11 heteroatoms. The van der Waals surface area contributed by atoms with Crippen molar-refractivity contribution in [1.29, 1.82) is 0 Å². The van der Waals surface area contributed by atoms with Crippen molar-refractivity contribution in [3.8, 4) is 0 Å². The van der Waals surface area contributed by atoms with Crippen molar-refractivity contribution in [3.05, 3.63) is 44.5 Å². The summed E-state index contributed by atoms with van der Waals surface area (Å²) in [5.74, 6) is 0. The number of aromatic nitrogens is 3. The maximum atomic E-state index is 12.2. The number of nitrogens with zero attached hydrogens (tertiary/aromatic N) is 4. The predicted octanol–water partition coefficient (Wildman–Crippen LogP) is 0.964. The molecule has 0 saturated heterocycles. The second-order valence-electron chi connectivity index (χ2n) is 4.02. The van der Waals surface area contributed by atoms with Gasteiger partial charge in [0.25, 0.3) is 15.7 Å². The lowest BCUT2D eigenvalue weighted by atomic mass is 10.2. The minimum absolute atomic E-state index is 0.0695. The average molecular weight is 376 g/mol. The first-order valence-corrected chi connectivity index (χ1v) is 7.87. The van der Waals surface area contributed by atoms with E-state index in [1.807, 2.05) is 0 Å². The summed E-state index contributed by atoms with van der Waals surface area (Å²) in [7, 11) is -2.47. The fourth-order valence-electron chi connectivity index (χ4n) is 1.69. The molecule has 0 aliphatic heterocycles. The highest BCUT2D eigenvalue weighted by molar-refractivity contribution is 9.10. The minimum Gasteiger partial charge on any atom is -0.258 e. The highest BCUT2D eigenvalue weighted by atomic mass is 79.9. The average Bonchev–Trinajstić information content (AvgIpc) is 2.77. The largest absolute Gasteiger partial charge is 0.273 e. The molecule has 112 valence electrons. The fraction of sp³-hybridized carbons (Fsp3) is 0.200. The Morgan fingerprint density at radius 2 is 2.10 bits per heavy atom. The maximum Gasteiger partial charge on any atom is 0.273 e. The van der Waals surface area contributed by atoms with Crippen LogP contribution in [0.3, 0.4) is 0 Å². The number of nitro groups is 1.